The van der Waals surface area contributed by atoms with Crippen molar-refractivity contribution < 1.29 is 0 Å². The summed E-state index contributed by atoms with van der Waals surface area (Å²) in [5.41, 5.74) is 3.77. The van der Waals surface area contributed by atoms with E-state index in [0.717, 1.165) is 0 Å². The SMILES string of the molecule is CC(=CC=Cc1ccccc1)c1ccccc1. The average Bonchev–Trinajstić information content (AvgIpc) is 2.41. The van der Waals surface area contributed by atoms with Gasteiger partial charge in [-0.2, -0.15) is 0 Å². The highest BCUT2D eigenvalue weighted by Crippen LogP contribution is 2.13. The molecule has 0 atom stereocenters. The van der Waals surface area contributed by atoms with Crippen molar-refractivity contribution >= 4 is 11.6 Å². The van der Waals surface area contributed by atoms with Crippen LogP contribution in [0.25, 0.3) is 11.6 Å². The molecule has 17 heavy (non-hydrogen) atoms. The van der Waals surface area contributed by atoms with Gasteiger partial charge in [0.1, 0.15) is 0 Å². The minimum atomic E-state index is 1.23. The van der Waals surface area contributed by atoms with Gasteiger partial charge in [0.25, 0.3) is 0 Å². The lowest BCUT2D eigenvalue weighted by Crippen LogP contribution is -1.76. The molecule has 0 aromatic heterocycles. The van der Waals surface area contributed by atoms with Crippen LogP contribution in [0.3, 0.4) is 0 Å². The zero-order valence-electron chi connectivity index (χ0n) is 10.0. The Labute approximate surface area is 103 Å². The van der Waals surface area contributed by atoms with E-state index in [-0.39, 0.29) is 0 Å². The first-order chi connectivity index (χ1) is 8.36. The summed E-state index contributed by atoms with van der Waals surface area (Å²) in [5, 5.41) is 0. The molecule has 0 N–H and O–H groups in total. The smallest absolute Gasteiger partial charge is 0.0227 e. The standard InChI is InChI=1S/C17H16/c1-15(17-13-6-3-7-14-17)9-8-12-16-10-4-2-5-11-16/h2-14H,1H3. The molecule has 0 aliphatic rings. The summed E-state index contributed by atoms with van der Waals surface area (Å²) in [5.74, 6) is 0. The first kappa shape index (κ1) is 11.4. The maximum atomic E-state index is 2.14. The number of benzene rings is 2. The molecule has 0 saturated carbocycles. The summed E-state index contributed by atoms with van der Waals surface area (Å²) < 4.78 is 0. The Bertz CT molecular complexity index is 504. The van der Waals surface area contributed by atoms with E-state index in [1.165, 1.54) is 16.7 Å². The molecule has 0 bridgehead atoms. The van der Waals surface area contributed by atoms with E-state index in [1.54, 1.807) is 0 Å². The van der Waals surface area contributed by atoms with Crippen LogP contribution in [0.2, 0.25) is 0 Å². The summed E-state index contributed by atoms with van der Waals surface area (Å²) in [4.78, 5) is 0. The molecule has 0 fully saturated rings. The maximum Gasteiger partial charge on any atom is -0.0227 e. The molecular weight excluding hydrogens is 204 g/mol. The predicted octanol–water partition coefficient (Wildman–Crippen LogP) is 4.80. The summed E-state index contributed by atoms with van der Waals surface area (Å²) in [6.45, 7) is 2.13. The number of allylic oxidation sites excluding steroid dienone is 3. The minimum Gasteiger partial charge on any atom is -0.0622 e. The molecule has 0 heteroatoms. The molecule has 0 heterocycles. The van der Waals surface area contributed by atoms with Crippen LogP contribution >= 0.6 is 0 Å². The van der Waals surface area contributed by atoms with Gasteiger partial charge in [-0.15, -0.1) is 0 Å². The van der Waals surface area contributed by atoms with Crippen molar-refractivity contribution in [2.75, 3.05) is 0 Å². The first-order valence-corrected chi connectivity index (χ1v) is 5.82. The molecule has 84 valence electrons. The van der Waals surface area contributed by atoms with E-state index >= 15 is 0 Å². The Morgan fingerprint density at radius 3 is 2.06 bits per heavy atom. The van der Waals surface area contributed by atoms with Crippen molar-refractivity contribution in [3.63, 3.8) is 0 Å². The van der Waals surface area contributed by atoms with E-state index in [1.807, 2.05) is 24.3 Å². The fourth-order valence-electron chi connectivity index (χ4n) is 1.66. The third kappa shape index (κ3) is 3.46. The van der Waals surface area contributed by atoms with Crippen molar-refractivity contribution in [1.82, 2.24) is 0 Å². The largest absolute Gasteiger partial charge is 0.0622 e. The summed E-state index contributed by atoms with van der Waals surface area (Å²) >= 11 is 0. The average molecular weight is 220 g/mol. The highest BCUT2D eigenvalue weighted by molar-refractivity contribution is 5.67. The first-order valence-electron chi connectivity index (χ1n) is 5.82. The molecule has 0 nitrogen and oxygen atoms in total. The van der Waals surface area contributed by atoms with Gasteiger partial charge in [-0.25, -0.2) is 0 Å². The summed E-state index contributed by atoms with van der Waals surface area (Å²) in [6, 6.07) is 20.7. The Balaban J connectivity index is 2.09. The Morgan fingerprint density at radius 2 is 1.41 bits per heavy atom. The van der Waals surface area contributed by atoms with Gasteiger partial charge < -0.3 is 0 Å². The van der Waals surface area contributed by atoms with Crippen LogP contribution in [0.1, 0.15) is 18.1 Å². The normalized spacial score (nSPS) is 11.9. The van der Waals surface area contributed by atoms with Gasteiger partial charge in [-0.1, -0.05) is 78.9 Å². The quantitative estimate of drug-likeness (QED) is 0.651. The molecule has 0 aliphatic heterocycles. The maximum absolute atomic E-state index is 2.14. The lowest BCUT2D eigenvalue weighted by molar-refractivity contribution is 1.57. The fraction of sp³-hybridized carbons (Fsp3) is 0.0588. The molecule has 0 aliphatic carbocycles. The highest BCUT2D eigenvalue weighted by Gasteiger charge is 1.90. The molecule has 0 saturated heterocycles. The number of hydrogen-bond acceptors (Lipinski definition) is 0. The van der Waals surface area contributed by atoms with E-state index in [9.17, 15) is 0 Å². The number of rotatable bonds is 3. The number of hydrogen-bond donors (Lipinski definition) is 0. The van der Waals surface area contributed by atoms with Crippen LogP contribution in [0.15, 0.2) is 72.8 Å². The third-order valence-corrected chi connectivity index (χ3v) is 2.66. The topological polar surface area (TPSA) is 0 Å². The van der Waals surface area contributed by atoms with Gasteiger partial charge in [0.2, 0.25) is 0 Å². The van der Waals surface area contributed by atoms with Gasteiger partial charge in [0.05, 0.1) is 0 Å². The second kappa shape index (κ2) is 5.86. The second-order valence-corrected chi connectivity index (χ2v) is 3.99. The molecule has 0 unspecified atom stereocenters. The van der Waals surface area contributed by atoms with Crippen LogP contribution in [0.5, 0.6) is 0 Å². The lowest BCUT2D eigenvalue weighted by atomic mass is 10.1. The van der Waals surface area contributed by atoms with Crippen molar-refractivity contribution in [3.05, 3.63) is 83.9 Å². The molecule has 0 radical (unpaired) electrons. The van der Waals surface area contributed by atoms with E-state index in [2.05, 4.69) is 61.5 Å². The van der Waals surface area contributed by atoms with E-state index in [0.29, 0.717) is 0 Å². The van der Waals surface area contributed by atoms with E-state index in [4.69, 9.17) is 0 Å². The Morgan fingerprint density at radius 1 is 0.824 bits per heavy atom. The fourth-order valence-corrected chi connectivity index (χ4v) is 1.66. The van der Waals surface area contributed by atoms with Crippen molar-refractivity contribution in [2.24, 2.45) is 0 Å². The summed E-state index contributed by atoms with van der Waals surface area (Å²) in [7, 11) is 0. The third-order valence-electron chi connectivity index (χ3n) is 2.66. The van der Waals surface area contributed by atoms with Crippen molar-refractivity contribution in [1.29, 1.82) is 0 Å². The van der Waals surface area contributed by atoms with Crippen LogP contribution < -0.4 is 0 Å². The van der Waals surface area contributed by atoms with Crippen LogP contribution in [0, 0.1) is 0 Å². The lowest BCUT2D eigenvalue weighted by Gasteiger charge is -1.98. The predicted molar refractivity (Wildman–Crippen MR) is 75.6 cm³/mol. The second-order valence-electron chi connectivity index (χ2n) is 3.99. The summed E-state index contributed by atoms with van der Waals surface area (Å²) in [6.07, 6.45) is 6.35. The van der Waals surface area contributed by atoms with Crippen molar-refractivity contribution in [2.45, 2.75) is 6.92 Å². The van der Waals surface area contributed by atoms with Crippen molar-refractivity contribution in [3.8, 4) is 0 Å². The molecular formula is C17H16. The Kier molecular flexibility index (Phi) is 3.93. The van der Waals surface area contributed by atoms with Gasteiger partial charge in [-0.3, -0.25) is 0 Å². The molecule has 2 aromatic carbocycles. The minimum absolute atomic E-state index is 1.23. The van der Waals surface area contributed by atoms with Crippen LogP contribution in [0.4, 0.5) is 0 Å². The zero-order chi connectivity index (χ0) is 11.9. The van der Waals surface area contributed by atoms with Gasteiger partial charge in [0.15, 0.2) is 0 Å². The van der Waals surface area contributed by atoms with Crippen LogP contribution in [-0.4, -0.2) is 0 Å². The van der Waals surface area contributed by atoms with E-state index < -0.39 is 0 Å². The molecule has 0 spiro atoms. The Hall–Kier alpha value is -2.08. The molecule has 2 aromatic rings. The van der Waals surface area contributed by atoms with Gasteiger partial charge in [-0.05, 0) is 23.6 Å². The van der Waals surface area contributed by atoms with Crippen LogP contribution in [-0.2, 0) is 0 Å². The molecule has 0 amide bonds. The van der Waals surface area contributed by atoms with Gasteiger partial charge in [0, 0.05) is 0 Å². The highest BCUT2D eigenvalue weighted by atomic mass is 14.0. The molecule has 2 rings (SSSR count). The van der Waals surface area contributed by atoms with Gasteiger partial charge >= 0.3 is 0 Å². The zero-order valence-corrected chi connectivity index (χ0v) is 10.0. The monoisotopic (exact) mass is 220 g/mol.